The van der Waals surface area contributed by atoms with E-state index in [2.05, 4.69) is 4.74 Å². The largest absolute Gasteiger partial charge is 0.469 e. The summed E-state index contributed by atoms with van der Waals surface area (Å²) in [4.78, 5) is 23.7. The zero-order chi connectivity index (χ0) is 8.97. The molecule has 0 saturated carbocycles. The number of esters is 1. The molecule has 1 aliphatic rings. The molecule has 0 bridgehead atoms. The van der Waals surface area contributed by atoms with Crippen molar-refractivity contribution in [3.8, 4) is 0 Å². The van der Waals surface area contributed by atoms with Crippen molar-refractivity contribution in [2.24, 2.45) is 0 Å². The lowest BCUT2D eigenvalue weighted by molar-refractivity contribution is -0.146. The Labute approximate surface area is 71.5 Å². The first kappa shape index (κ1) is 9.03. The highest BCUT2D eigenvalue weighted by atomic mass is 16.5. The molecule has 0 unspecified atom stereocenters. The molecule has 0 atom stereocenters. The fraction of sp³-hybridized carbons (Fsp3) is 0.750. The number of rotatable bonds is 2. The van der Waals surface area contributed by atoms with Gasteiger partial charge in [-0.2, -0.15) is 0 Å². The number of hydrogen-bond donors (Lipinski definition) is 0. The van der Waals surface area contributed by atoms with Gasteiger partial charge in [0.05, 0.1) is 7.11 Å². The van der Waals surface area contributed by atoms with Crippen LogP contribution in [0.3, 0.4) is 0 Å². The Kier molecular flexibility index (Phi) is 3.08. The Hall–Kier alpha value is -1.06. The molecule has 0 radical (unpaired) electrons. The maximum absolute atomic E-state index is 11.2. The summed E-state index contributed by atoms with van der Waals surface area (Å²) in [5.74, 6) is -0.564. The third-order valence-corrected chi connectivity index (χ3v) is 1.98. The zero-order valence-electron chi connectivity index (χ0n) is 7.21. The quantitative estimate of drug-likeness (QED) is 0.439. The first-order chi connectivity index (χ1) is 5.74. The third kappa shape index (κ3) is 2.22. The van der Waals surface area contributed by atoms with Crippen LogP contribution in [0.2, 0.25) is 0 Å². The second kappa shape index (κ2) is 4.09. The van der Waals surface area contributed by atoms with Gasteiger partial charge in [-0.15, -0.1) is 0 Å². The number of ether oxygens (including phenoxy) is 1. The van der Waals surface area contributed by atoms with E-state index < -0.39 is 5.97 Å². The van der Waals surface area contributed by atoms with E-state index in [-0.39, 0.29) is 12.3 Å². The highest BCUT2D eigenvalue weighted by molar-refractivity contribution is 5.94. The van der Waals surface area contributed by atoms with Gasteiger partial charge in [0.2, 0.25) is 5.91 Å². The van der Waals surface area contributed by atoms with Crippen molar-refractivity contribution >= 4 is 11.9 Å². The Bertz CT molecular complexity index is 185. The smallest absolute Gasteiger partial charge is 0.315 e. The second-order valence-electron chi connectivity index (χ2n) is 2.84. The van der Waals surface area contributed by atoms with E-state index in [1.807, 2.05) is 0 Å². The molecule has 4 heteroatoms. The molecule has 0 aromatic heterocycles. The summed E-state index contributed by atoms with van der Waals surface area (Å²) >= 11 is 0. The number of carbonyl (C=O) groups is 2. The molecule has 4 nitrogen and oxygen atoms in total. The third-order valence-electron chi connectivity index (χ3n) is 1.98. The van der Waals surface area contributed by atoms with Crippen LogP contribution in [0.1, 0.15) is 19.3 Å². The van der Waals surface area contributed by atoms with Crippen molar-refractivity contribution in [3.05, 3.63) is 0 Å². The molecule has 12 heavy (non-hydrogen) atoms. The summed E-state index contributed by atoms with van der Waals surface area (Å²) in [7, 11) is 1.29. The lowest BCUT2D eigenvalue weighted by Gasteiger charge is -2.13. The van der Waals surface area contributed by atoms with E-state index in [0.717, 1.165) is 25.9 Å². The van der Waals surface area contributed by atoms with Crippen LogP contribution in [0.4, 0.5) is 0 Å². The van der Waals surface area contributed by atoms with E-state index in [1.165, 1.54) is 7.11 Å². The highest BCUT2D eigenvalue weighted by Crippen LogP contribution is 2.08. The standard InChI is InChI=1S/C8H13NO3/c1-12-8(11)6-7(10)9-4-2-3-5-9/h2-6H2,1H3. The van der Waals surface area contributed by atoms with E-state index in [9.17, 15) is 9.59 Å². The Morgan fingerprint density at radius 3 is 2.42 bits per heavy atom. The van der Waals surface area contributed by atoms with Gasteiger partial charge in [-0.05, 0) is 12.8 Å². The molecular weight excluding hydrogens is 158 g/mol. The van der Waals surface area contributed by atoms with E-state index in [0.29, 0.717) is 0 Å². The molecule has 0 N–H and O–H groups in total. The molecule has 0 aromatic carbocycles. The van der Waals surface area contributed by atoms with Crippen molar-refractivity contribution in [1.29, 1.82) is 0 Å². The molecule has 0 aromatic rings. The Balaban J connectivity index is 2.32. The molecule has 1 amide bonds. The van der Waals surface area contributed by atoms with Gasteiger partial charge in [0.15, 0.2) is 0 Å². The Morgan fingerprint density at radius 2 is 1.92 bits per heavy atom. The molecule has 0 spiro atoms. The summed E-state index contributed by atoms with van der Waals surface area (Å²) in [6.07, 6.45) is 1.98. The monoisotopic (exact) mass is 171 g/mol. The first-order valence-corrected chi connectivity index (χ1v) is 4.08. The minimum Gasteiger partial charge on any atom is -0.469 e. The van der Waals surface area contributed by atoms with Gasteiger partial charge in [0.25, 0.3) is 0 Å². The van der Waals surface area contributed by atoms with Crippen LogP contribution < -0.4 is 0 Å². The summed E-state index contributed by atoms with van der Waals surface area (Å²) in [6.45, 7) is 1.58. The number of nitrogens with zero attached hydrogens (tertiary/aromatic N) is 1. The molecule has 1 aliphatic heterocycles. The minimum absolute atomic E-state index is 0.112. The normalized spacial score (nSPS) is 16.2. The molecule has 1 rings (SSSR count). The van der Waals surface area contributed by atoms with Crippen LogP contribution in [0.15, 0.2) is 0 Å². The van der Waals surface area contributed by atoms with Gasteiger partial charge in [-0.1, -0.05) is 0 Å². The van der Waals surface area contributed by atoms with Crippen LogP contribution in [-0.2, 0) is 14.3 Å². The number of carbonyl (C=O) groups excluding carboxylic acids is 2. The zero-order valence-corrected chi connectivity index (χ0v) is 7.21. The number of hydrogen-bond acceptors (Lipinski definition) is 3. The number of methoxy groups -OCH3 is 1. The van der Waals surface area contributed by atoms with Crippen LogP contribution in [0, 0.1) is 0 Å². The predicted octanol–water partition coefficient (Wildman–Crippen LogP) is 0.172. The van der Waals surface area contributed by atoms with Gasteiger partial charge in [0.1, 0.15) is 6.42 Å². The SMILES string of the molecule is COC(=O)CC(=O)N1CCCC1. The lowest BCUT2D eigenvalue weighted by Crippen LogP contribution is -2.29. The molecular formula is C8H13NO3. The van der Waals surface area contributed by atoms with Crippen molar-refractivity contribution in [2.45, 2.75) is 19.3 Å². The molecule has 1 heterocycles. The molecule has 1 fully saturated rings. The number of amides is 1. The number of likely N-dealkylation sites (tertiary alicyclic amines) is 1. The van der Waals surface area contributed by atoms with Crippen molar-refractivity contribution in [1.82, 2.24) is 4.90 Å². The van der Waals surface area contributed by atoms with Crippen molar-refractivity contribution in [3.63, 3.8) is 0 Å². The molecule has 68 valence electrons. The Morgan fingerprint density at radius 1 is 1.33 bits per heavy atom. The maximum atomic E-state index is 11.2. The summed E-state index contributed by atoms with van der Waals surface area (Å²) < 4.78 is 4.39. The molecule has 0 aliphatic carbocycles. The minimum atomic E-state index is -0.452. The summed E-state index contributed by atoms with van der Waals surface area (Å²) in [6, 6.07) is 0. The van der Waals surface area contributed by atoms with Crippen molar-refractivity contribution < 1.29 is 14.3 Å². The van der Waals surface area contributed by atoms with E-state index >= 15 is 0 Å². The summed E-state index contributed by atoms with van der Waals surface area (Å²) in [5.41, 5.74) is 0. The van der Waals surface area contributed by atoms with E-state index in [1.54, 1.807) is 4.90 Å². The maximum Gasteiger partial charge on any atom is 0.315 e. The van der Waals surface area contributed by atoms with E-state index in [4.69, 9.17) is 0 Å². The van der Waals surface area contributed by atoms with Gasteiger partial charge in [-0.3, -0.25) is 9.59 Å². The average Bonchev–Trinajstić information content (AvgIpc) is 2.56. The average molecular weight is 171 g/mol. The van der Waals surface area contributed by atoms with Crippen LogP contribution >= 0.6 is 0 Å². The van der Waals surface area contributed by atoms with Crippen LogP contribution in [-0.4, -0.2) is 37.0 Å². The molecule has 1 saturated heterocycles. The summed E-state index contributed by atoms with van der Waals surface area (Å²) in [5, 5.41) is 0. The highest BCUT2D eigenvalue weighted by Gasteiger charge is 2.20. The van der Waals surface area contributed by atoms with Gasteiger partial charge >= 0.3 is 5.97 Å². The lowest BCUT2D eigenvalue weighted by atomic mass is 10.4. The van der Waals surface area contributed by atoms with Crippen molar-refractivity contribution in [2.75, 3.05) is 20.2 Å². The fourth-order valence-electron chi connectivity index (χ4n) is 1.27. The fourth-order valence-corrected chi connectivity index (χ4v) is 1.27. The van der Waals surface area contributed by atoms with Gasteiger partial charge < -0.3 is 9.64 Å². The second-order valence-corrected chi connectivity index (χ2v) is 2.84. The van der Waals surface area contributed by atoms with Crippen LogP contribution in [0.25, 0.3) is 0 Å². The first-order valence-electron chi connectivity index (χ1n) is 4.08. The van der Waals surface area contributed by atoms with Gasteiger partial charge in [-0.25, -0.2) is 0 Å². The van der Waals surface area contributed by atoms with Gasteiger partial charge in [0, 0.05) is 13.1 Å². The van der Waals surface area contributed by atoms with Crippen LogP contribution in [0.5, 0.6) is 0 Å². The topological polar surface area (TPSA) is 46.6 Å². The predicted molar refractivity (Wildman–Crippen MR) is 42.4 cm³/mol.